The zero-order valence-electron chi connectivity index (χ0n) is 7.74. The fourth-order valence-corrected chi connectivity index (χ4v) is 1.05. The molecule has 13 heavy (non-hydrogen) atoms. The van der Waals surface area contributed by atoms with Gasteiger partial charge >= 0.3 is 0 Å². The lowest BCUT2D eigenvalue weighted by Gasteiger charge is -2.06. The monoisotopic (exact) mass is 179 g/mol. The third kappa shape index (κ3) is 2.19. The standard InChI is InChI=1S/C9H13N3O/c1-11-9(12-10)7-4-3-5-8(6-7)13-2/h3-6H,10H2,1-2H3,(H,11,12). The second-order valence-electron chi connectivity index (χ2n) is 2.45. The number of hydrogen-bond acceptors (Lipinski definition) is 3. The zero-order valence-corrected chi connectivity index (χ0v) is 7.74. The molecule has 0 atom stereocenters. The summed E-state index contributed by atoms with van der Waals surface area (Å²) in [6.45, 7) is 0. The molecule has 0 saturated heterocycles. The SMILES string of the molecule is CN=C(NN)c1cccc(OC)c1. The normalized spacial score (nSPS) is 11.2. The molecule has 0 unspecified atom stereocenters. The summed E-state index contributed by atoms with van der Waals surface area (Å²) in [5.41, 5.74) is 3.42. The molecule has 0 radical (unpaired) electrons. The Bertz CT molecular complexity index is 309. The molecule has 0 aromatic heterocycles. The van der Waals surface area contributed by atoms with E-state index in [9.17, 15) is 0 Å². The summed E-state index contributed by atoms with van der Waals surface area (Å²) < 4.78 is 5.07. The molecule has 1 aromatic carbocycles. The summed E-state index contributed by atoms with van der Waals surface area (Å²) in [7, 11) is 3.30. The molecule has 0 saturated carbocycles. The number of ether oxygens (including phenoxy) is 1. The first-order chi connectivity index (χ1) is 6.31. The van der Waals surface area contributed by atoms with Gasteiger partial charge in [0.05, 0.1) is 7.11 Å². The first-order valence-electron chi connectivity index (χ1n) is 3.89. The molecule has 0 aliphatic rings. The highest BCUT2D eigenvalue weighted by molar-refractivity contribution is 5.98. The van der Waals surface area contributed by atoms with Crippen LogP contribution >= 0.6 is 0 Å². The molecule has 0 amide bonds. The average molecular weight is 179 g/mol. The van der Waals surface area contributed by atoms with Gasteiger partial charge in [-0.1, -0.05) is 12.1 Å². The summed E-state index contributed by atoms with van der Waals surface area (Å²) >= 11 is 0. The highest BCUT2D eigenvalue weighted by atomic mass is 16.5. The molecular weight excluding hydrogens is 166 g/mol. The third-order valence-electron chi connectivity index (χ3n) is 1.70. The van der Waals surface area contributed by atoms with Crippen LogP contribution in [0.5, 0.6) is 5.75 Å². The van der Waals surface area contributed by atoms with Crippen LogP contribution in [0.2, 0.25) is 0 Å². The summed E-state index contributed by atoms with van der Waals surface area (Å²) in [5, 5.41) is 0. The summed E-state index contributed by atoms with van der Waals surface area (Å²) in [4.78, 5) is 3.98. The molecular formula is C9H13N3O. The Morgan fingerprint density at radius 2 is 2.31 bits per heavy atom. The highest BCUT2D eigenvalue weighted by Crippen LogP contribution is 2.12. The number of nitrogens with one attached hydrogen (secondary N) is 1. The van der Waals surface area contributed by atoms with Crippen LogP contribution in [-0.2, 0) is 0 Å². The number of benzene rings is 1. The average Bonchev–Trinajstić information content (AvgIpc) is 2.20. The fourth-order valence-electron chi connectivity index (χ4n) is 1.05. The van der Waals surface area contributed by atoms with Gasteiger partial charge in [0.25, 0.3) is 0 Å². The van der Waals surface area contributed by atoms with E-state index in [1.807, 2.05) is 24.3 Å². The van der Waals surface area contributed by atoms with E-state index in [2.05, 4.69) is 10.4 Å². The van der Waals surface area contributed by atoms with Crippen LogP contribution in [0.1, 0.15) is 5.56 Å². The van der Waals surface area contributed by atoms with Crippen molar-refractivity contribution < 1.29 is 4.74 Å². The molecule has 1 aromatic rings. The van der Waals surface area contributed by atoms with Gasteiger partial charge in [0.15, 0.2) is 0 Å². The van der Waals surface area contributed by atoms with Crippen LogP contribution in [-0.4, -0.2) is 20.0 Å². The van der Waals surface area contributed by atoms with E-state index in [0.29, 0.717) is 5.84 Å². The Morgan fingerprint density at radius 1 is 1.54 bits per heavy atom. The van der Waals surface area contributed by atoms with Crippen LogP contribution in [0.3, 0.4) is 0 Å². The summed E-state index contributed by atoms with van der Waals surface area (Å²) in [6, 6.07) is 7.52. The van der Waals surface area contributed by atoms with Crippen LogP contribution in [0.4, 0.5) is 0 Å². The molecule has 4 nitrogen and oxygen atoms in total. The van der Waals surface area contributed by atoms with E-state index in [4.69, 9.17) is 10.6 Å². The molecule has 1 rings (SSSR count). The van der Waals surface area contributed by atoms with Crippen molar-refractivity contribution in [1.29, 1.82) is 0 Å². The van der Waals surface area contributed by atoms with E-state index in [1.165, 1.54) is 0 Å². The van der Waals surface area contributed by atoms with Crippen molar-refractivity contribution in [3.63, 3.8) is 0 Å². The maximum absolute atomic E-state index is 5.29. The quantitative estimate of drug-likeness (QED) is 0.301. The van der Waals surface area contributed by atoms with Gasteiger partial charge < -0.3 is 10.2 Å². The number of nitrogens with zero attached hydrogens (tertiary/aromatic N) is 1. The van der Waals surface area contributed by atoms with Gasteiger partial charge in [0, 0.05) is 12.6 Å². The Balaban J connectivity index is 3.00. The van der Waals surface area contributed by atoms with Gasteiger partial charge in [-0.25, -0.2) is 5.84 Å². The predicted octanol–water partition coefficient (Wildman–Crippen LogP) is 0.535. The Morgan fingerprint density at radius 3 is 2.85 bits per heavy atom. The molecule has 0 fully saturated rings. The van der Waals surface area contributed by atoms with E-state index < -0.39 is 0 Å². The van der Waals surface area contributed by atoms with Gasteiger partial charge in [0.1, 0.15) is 11.6 Å². The number of aliphatic imine (C=N–C) groups is 1. The minimum absolute atomic E-state index is 0.638. The van der Waals surface area contributed by atoms with Crippen molar-refractivity contribution >= 4 is 5.84 Å². The van der Waals surface area contributed by atoms with Crippen molar-refractivity contribution in [3.8, 4) is 5.75 Å². The Kier molecular flexibility index (Phi) is 3.28. The number of methoxy groups -OCH3 is 1. The Labute approximate surface area is 77.4 Å². The Hall–Kier alpha value is -1.55. The van der Waals surface area contributed by atoms with Crippen LogP contribution in [0, 0.1) is 0 Å². The maximum atomic E-state index is 5.29. The lowest BCUT2D eigenvalue weighted by atomic mass is 10.2. The van der Waals surface area contributed by atoms with E-state index in [1.54, 1.807) is 14.2 Å². The molecule has 0 bridgehead atoms. The summed E-state index contributed by atoms with van der Waals surface area (Å²) in [6.07, 6.45) is 0. The number of nitrogens with two attached hydrogens (primary N) is 1. The van der Waals surface area contributed by atoms with Crippen LogP contribution in [0.15, 0.2) is 29.3 Å². The van der Waals surface area contributed by atoms with Crippen molar-refractivity contribution in [1.82, 2.24) is 5.43 Å². The first-order valence-corrected chi connectivity index (χ1v) is 3.89. The predicted molar refractivity (Wildman–Crippen MR) is 52.8 cm³/mol. The van der Waals surface area contributed by atoms with Gasteiger partial charge in [0.2, 0.25) is 0 Å². The molecule has 0 aliphatic heterocycles. The molecule has 0 heterocycles. The fraction of sp³-hybridized carbons (Fsp3) is 0.222. The molecule has 0 spiro atoms. The van der Waals surface area contributed by atoms with Crippen molar-refractivity contribution in [2.75, 3.05) is 14.2 Å². The molecule has 70 valence electrons. The van der Waals surface area contributed by atoms with E-state index >= 15 is 0 Å². The van der Waals surface area contributed by atoms with Gasteiger partial charge in [-0.05, 0) is 12.1 Å². The molecule has 4 heteroatoms. The second kappa shape index (κ2) is 4.47. The van der Waals surface area contributed by atoms with Crippen molar-refractivity contribution in [3.05, 3.63) is 29.8 Å². The highest BCUT2D eigenvalue weighted by Gasteiger charge is 2.00. The minimum atomic E-state index is 0.638. The minimum Gasteiger partial charge on any atom is -0.497 e. The number of hydrazine groups is 1. The van der Waals surface area contributed by atoms with E-state index in [-0.39, 0.29) is 0 Å². The zero-order chi connectivity index (χ0) is 9.68. The molecule has 3 N–H and O–H groups in total. The number of hydrogen-bond donors (Lipinski definition) is 2. The van der Waals surface area contributed by atoms with Gasteiger partial charge in [-0.2, -0.15) is 0 Å². The third-order valence-corrected chi connectivity index (χ3v) is 1.70. The lowest BCUT2D eigenvalue weighted by molar-refractivity contribution is 0.414. The lowest BCUT2D eigenvalue weighted by Crippen LogP contribution is -2.30. The topological polar surface area (TPSA) is 59.6 Å². The number of rotatable bonds is 2. The second-order valence-corrected chi connectivity index (χ2v) is 2.45. The summed E-state index contributed by atoms with van der Waals surface area (Å²) in [5.74, 6) is 6.71. The van der Waals surface area contributed by atoms with Crippen LogP contribution < -0.4 is 16.0 Å². The smallest absolute Gasteiger partial charge is 0.142 e. The number of amidine groups is 1. The van der Waals surface area contributed by atoms with Gasteiger partial charge in [-0.15, -0.1) is 0 Å². The van der Waals surface area contributed by atoms with Crippen LogP contribution in [0.25, 0.3) is 0 Å². The molecule has 0 aliphatic carbocycles. The van der Waals surface area contributed by atoms with E-state index in [0.717, 1.165) is 11.3 Å². The van der Waals surface area contributed by atoms with Crippen molar-refractivity contribution in [2.45, 2.75) is 0 Å². The van der Waals surface area contributed by atoms with Crippen molar-refractivity contribution in [2.24, 2.45) is 10.8 Å². The first kappa shape index (κ1) is 9.54. The largest absolute Gasteiger partial charge is 0.497 e. The maximum Gasteiger partial charge on any atom is 0.142 e. The van der Waals surface area contributed by atoms with Gasteiger partial charge in [-0.3, -0.25) is 4.99 Å².